The van der Waals surface area contributed by atoms with E-state index < -0.39 is 31.2 Å². The van der Waals surface area contributed by atoms with Gasteiger partial charge in [0.1, 0.15) is 16.5 Å². The number of carbonyl (C=O) groups excluding carboxylic acids is 1. The number of amides is 1. The van der Waals surface area contributed by atoms with Crippen molar-refractivity contribution in [1.82, 2.24) is 5.32 Å². The first-order chi connectivity index (χ1) is 16.2. The van der Waals surface area contributed by atoms with Crippen molar-refractivity contribution < 1.29 is 22.7 Å². The van der Waals surface area contributed by atoms with Crippen LogP contribution in [0.25, 0.3) is 0 Å². The van der Waals surface area contributed by atoms with Gasteiger partial charge in [0, 0.05) is 11.6 Å². The molecule has 0 radical (unpaired) electrons. The van der Waals surface area contributed by atoms with Gasteiger partial charge in [-0.3, -0.25) is 4.79 Å². The van der Waals surface area contributed by atoms with Crippen LogP contribution >= 0.6 is 11.6 Å². The molecule has 0 bridgehead atoms. The molecule has 0 spiro atoms. The number of hydrogen-bond acceptors (Lipinski definition) is 4. The predicted octanol–water partition coefficient (Wildman–Crippen LogP) is 5.69. The largest absolute Gasteiger partial charge is 0.507 e. The van der Waals surface area contributed by atoms with Crippen molar-refractivity contribution in [3.05, 3.63) is 94.3 Å². The minimum atomic E-state index is -4.29. The number of rotatable bonds is 7. The zero-order valence-corrected chi connectivity index (χ0v) is 21.7. The highest BCUT2D eigenvalue weighted by Gasteiger charge is 2.42. The lowest BCUT2D eigenvalue weighted by atomic mass is 9.85. The Labute approximate surface area is 210 Å². The minimum Gasteiger partial charge on any atom is -0.507 e. The number of hydrogen-bond donors (Lipinski definition) is 2. The van der Waals surface area contributed by atoms with E-state index in [1.54, 1.807) is 12.1 Å². The summed E-state index contributed by atoms with van der Waals surface area (Å²) in [4.78, 5) is 12.3. The molecule has 1 unspecified atom stereocenters. The second-order valence-electron chi connectivity index (χ2n) is 9.86. The summed E-state index contributed by atoms with van der Waals surface area (Å²) in [5, 5.41) is 12.7. The van der Waals surface area contributed by atoms with E-state index in [-0.39, 0.29) is 34.7 Å². The van der Waals surface area contributed by atoms with Crippen molar-refractivity contribution in [2.75, 3.05) is 6.54 Å². The first kappa shape index (κ1) is 26.7. The summed E-state index contributed by atoms with van der Waals surface area (Å²) in [6.45, 7) is 7.32. The third kappa shape index (κ3) is 5.85. The number of para-hydroxylation sites is 1. The van der Waals surface area contributed by atoms with Gasteiger partial charge in [-0.2, -0.15) is 0 Å². The molecule has 3 aromatic rings. The van der Waals surface area contributed by atoms with Crippen LogP contribution in [0, 0.1) is 5.82 Å². The summed E-state index contributed by atoms with van der Waals surface area (Å²) in [7, 11) is -4.29. The van der Waals surface area contributed by atoms with E-state index in [4.69, 9.17) is 11.6 Å². The van der Waals surface area contributed by atoms with Gasteiger partial charge >= 0.3 is 0 Å². The summed E-state index contributed by atoms with van der Waals surface area (Å²) in [6.07, 6.45) is 0.0162. The SMILES string of the molecule is CC(C)(C)c1cccc(CC(C)(CNC(=O)c2ccccc2O)S(=O)(=O)c2ccc(Cl)cc2F)c1. The van der Waals surface area contributed by atoms with Crippen molar-refractivity contribution in [3.8, 4) is 5.75 Å². The topological polar surface area (TPSA) is 83.5 Å². The quantitative estimate of drug-likeness (QED) is 0.422. The van der Waals surface area contributed by atoms with Crippen LogP contribution in [0.3, 0.4) is 0 Å². The summed E-state index contributed by atoms with van der Waals surface area (Å²) in [6, 6.07) is 16.9. The Morgan fingerprint density at radius 3 is 2.31 bits per heavy atom. The summed E-state index contributed by atoms with van der Waals surface area (Å²) in [5.41, 5.74) is 1.60. The van der Waals surface area contributed by atoms with E-state index in [0.717, 1.165) is 23.3 Å². The zero-order chi connectivity index (χ0) is 26.0. The molecule has 0 aliphatic heterocycles. The maximum Gasteiger partial charge on any atom is 0.255 e. The van der Waals surface area contributed by atoms with E-state index in [0.29, 0.717) is 0 Å². The van der Waals surface area contributed by atoms with Crippen LogP contribution in [0.1, 0.15) is 49.2 Å². The van der Waals surface area contributed by atoms with Gasteiger partial charge in [-0.05, 0) is 60.2 Å². The lowest BCUT2D eigenvalue weighted by Gasteiger charge is -2.31. The Balaban J connectivity index is 2.04. The summed E-state index contributed by atoms with van der Waals surface area (Å²) in [5.74, 6) is -1.82. The molecule has 0 saturated carbocycles. The molecule has 0 saturated heterocycles. The fourth-order valence-corrected chi connectivity index (χ4v) is 5.69. The maximum atomic E-state index is 14.8. The normalized spacial score (nSPS) is 13.8. The minimum absolute atomic E-state index is 0.0136. The molecule has 186 valence electrons. The highest BCUT2D eigenvalue weighted by molar-refractivity contribution is 7.92. The lowest BCUT2D eigenvalue weighted by molar-refractivity contribution is 0.0947. The molecular formula is C27H29ClFNO4S. The molecule has 0 aromatic heterocycles. The average Bonchev–Trinajstić information content (AvgIpc) is 2.77. The number of halogens is 2. The van der Waals surface area contributed by atoms with Crippen LogP contribution in [0.2, 0.25) is 5.02 Å². The van der Waals surface area contributed by atoms with Crippen LogP contribution in [0.5, 0.6) is 5.75 Å². The molecule has 1 atom stereocenters. The van der Waals surface area contributed by atoms with Gasteiger partial charge in [0.05, 0.1) is 10.3 Å². The number of phenols is 1. The van der Waals surface area contributed by atoms with Crippen LogP contribution in [-0.2, 0) is 21.7 Å². The molecule has 8 heteroatoms. The summed E-state index contributed by atoms with van der Waals surface area (Å²) < 4.78 is 40.8. The Bertz CT molecular complexity index is 1350. The molecule has 3 rings (SSSR count). The molecule has 0 aliphatic carbocycles. The van der Waals surface area contributed by atoms with Crippen LogP contribution in [0.4, 0.5) is 4.39 Å². The van der Waals surface area contributed by atoms with Gasteiger partial charge in [-0.15, -0.1) is 0 Å². The molecule has 5 nitrogen and oxygen atoms in total. The highest BCUT2D eigenvalue weighted by Crippen LogP contribution is 2.33. The fourth-order valence-electron chi connectivity index (χ4n) is 3.82. The first-order valence-corrected chi connectivity index (χ1v) is 13.0. The Kier molecular flexibility index (Phi) is 7.62. The Morgan fingerprint density at radius 2 is 1.69 bits per heavy atom. The standard InChI is InChI=1S/C27H29ClFNO4S/c1-26(2,3)19-9-7-8-18(14-19)16-27(4,17-30-25(32)21-10-5-6-11-23(21)31)35(33,34)24-13-12-20(28)15-22(24)29/h5-15,31H,16-17H2,1-4H3,(H,30,32). The van der Waals surface area contributed by atoms with E-state index in [1.807, 2.05) is 24.3 Å². The number of nitrogens with one attached hydrogen (secondary N) is 1. The number of phenolic OH excluding ortho intramolecular Hbond substituents is 1. The van der Waals surface area contributed by atoms with Gasteiger partial charge in [0.25, 0.3) is 5.91 Å². The predicted molar refractivity (Wildman–Crippen MR) is 136 cm³/mol. The average molecular weight is 518 g/mol. The lowest BCUT2D eigenvalue weighted by Crippen LogP contribution is -2.48. The number of sulfone groups is 1. The van der Waals surface area contributed by atoms with E-state index >= 15 is 0 Å². The van der Waals surface area contributed by atoms with Crippen molar-refractivity contribution in [2.24, 2.45) is 0 Å². The van der Waals surface area contributed by atoms with Gasteiger partial charge in [-0.1, -0.05) is 68.8 Å². The first-order valence-electron chi connectivity index (χ1n) is 11.1. The molecule has 2 N–H and O–H groups in total. The van der Waals surface area contributed by atoms with E-state index in [2.05, 4.69) is 26.1 Å². The van der Waals surface area contributed by atoms with E-state index in [1.165, 1.54) is 25.1 Å². The number of benzene rings is 3. The number of carbonyl (C=O) groups is 1. The van der Waals surface area contributed by atoms with Crippen molar-refractivity contribution in [3.63, 3.8) is 0 Å². The van der Waals surface area contributed by atoms with Crippen LogP contribution in [-0.4, -0.2) is 30.7 Å². The Morgan fingerprint density at radius 1 is 1.00 bits per heavy atom. The second-order valence-corrected chi connectivity index (χ2v) is 12.7. The highest BCUT2D eigenvalue weighted by atomic mass is 35.5. The molecule has 3 aromatic carbocycles. The molecule has 35 heavy (non-hydrogen) atoms. The van der Waals surface area contributed by atoms with Crippen molar-refractivity contribution in [1.29, 1.82) is 0 Å². The third-order valence-electron chi connectivity index (χ3n) is 5.97. The van der Waals surface area contributed by atoms with Crippen LogP contribution in [0.15, 0.2) is 71.6 Å². The molecule has 0 heterocycles. The molecule has 0 aliphatic rings. The van der Waals surface area contributed by atoms with Gasteiger partial charge in [0.15, 0.2) is 9.84 Å². The second kappa shape index (κ2) is 9.99. The molecular weight excluding hydrogens is 489 g/mol. The summed E-state index contributed by atoms with van der Waals surface area (Å²) >= 11 is 5.84. The van der Waals surface area contributed by atoms with Gasteiger partial charge < -0.3 is 10.4 Å². The fraction of sp³-hybridized carbons (Fsp3) is 0.296. The Hall–Kier alpha value is -2.90. The van der Waals surface area contributed by atoms with Gasteiger partial charge in [0.2, 0.25) is 0 Å². The number of aromatic hydroxyl groups is 1. The maximum absolute atomic E-state index is 14.8. The monoisotopic (exact) mass is 517 g/mol. The van der Waals surface area contributed by atoms with Crippen molar-refractivity contribution in [2.45, 2.75) is 49.2 Å². The smallest absolute Gasteiger partial charge is 0.255 e. The zero-order valence-electron chi connectivity index (χ0n) is 20.1. The van der Waals surface area contributed by atoms with Gasteiger partial charge in [-0.25, -0.2) is 12.8 Å². The molecule has 0 fully saturated rings. The van der Waals surface area contributed by atoms with Crippen molar-refractivity contribution >= 4 is 27.3 Å². The van der Waals surface area contributed by atoms with Crippen LogP contribution < -0.4 is 5.32 Å². The third-order valence-corrected chi connectivity index (χ3v) is 8.71. The van der Waals surface area contributed by atoms with E-state index in [9.17, 15) is 22.7 Å². The molecule has 1 amide bonds.